The summed E-state index contributed by atoms with van der Waals surface area (Å²) in [5, 5.41) is 15.6. The van der Waals surface area contributed by atoms with Crippen LogP contribution in [0.1, 0.15) is 16.1 Å². The maximum absolute atomic E-state index is 12.2. The molecule has 0 bridgehead atoms. The van der Waals surface area contributed by atoms with Crippen molar-refractivity contribution in [2.45, 2.75) is 19.5 Å². The first-order valence-electron chi connectivity index (χ1n) is 6.86. The Morgan fingerprint density at radius 1 is 1.36 bits per heavy atom. The lowest BCUT2D eigenvalue weighted by Crippen LogP contribution is -2.30. The zero-order chi connectivity index (χ0) is 18.6. The lowest BCUT2D eigenvalue weighted by atomic mass is 10.2. The number of rotatable bonds is 6. The lowest BCUT2D eigenvalue weighted by molar-refractivity contribution is -0.274. The first kappa shape index (κ1) is 18.2. The molecule has 1 aromatic carbocycles. The van der Waals surface area contributed by atoms with Gasteiger partial charge in [0.05, 0.1) is 6.20 Å². The summed E-state index contributed by atoms with van der Waals surface area (Å²) in [7, 11) is 1.45. The van der Waals surface area contributed by atoms with Crippen molar-refractivity contribution in [1.82, 2.24) is 19.9 Å². The number of hydrogen-bond acceptors (Lipinski definition) is 5. The largest absolute Gasteiger partial charge is 0.573 e. The van der Waals surface area contributed by atoms with E-state index < -0.39 is 18.2 Å². The predicted octanol–water partition coefficient (Wildman–Crippen LogP) is 1.53. The van der Waals surface area contributed by atoms with Gasteiger partial charge in [-0.25, -0.2) is 9.48 Å². The Hall–Kier alpha value is -3.11. The molecule has 1 heterocycles. The number of carbonyl (C=O) groups is 2. The van der Waals surface area contributed by atoms with E-state index in [1.54, 1.807) is 6.07 Å². The maximum atomic E-state index is 12.2. The van der Waals surface area contributed by atoms with Crippen LogP contribution in [-0.4, -0.2) is 50.3 Å². The number of ether oxygens (including phenoxy) is 1. The van der Waals surface area contributed by atoms with Crippen molar-refractivity contribution < 1.29 is 32.6 Å². The summed E-state index contributed by atoms with van der Waals surface area (Å²) in [6, 6.07) is 5.26. The van der Waals surface area contributed by atoms with E-state index >= 15 is 0 Å². The number of carboxylic acids is 1. The molecule has 0 fully saturated rings. The summed E-state index contributed by atoms with van der Waals surface area (Å²) in [6.45, 7) is -0.218. The third-order valence-electron chi connectivity index (χ3n) is 3.03. The van der Waals surface area contributed by atoms with Crippen LogP contribution in [0.5, 0.6) is 5.75 Å². The van der Waals surface area contributed by atoms with Crippen LogP contribution in [0, 0.1) is 0 Å². The molecule has 1 aromatic heterocycles. The molecule has 0 atom stereocenters. The molecular weight excluding hydrogens is 345 g/mol. The minimum Gasteiger partial charge on any atom is -0.476 e. The fraction of sp³-hybridized carbons (Fsp3) is 0.286. The molecule has 1 amide bonds. The summed E-state index contributed by atoms with van der Waals surface area (Å²) in [6.07, 6.45) is -3.69. The number of likely N-dealkylation sites (N-methyl/N-ethyl adjacent to an activating group) is 1. The molecule has 25 heavy (non-hydrogen) atoms. The van der Waals surface area contributed by atoms with Gasteiger partial charge in [0.2, 0.25) is 5.91 Å². The average Bonchev–Trinajstić information content (AvgIpc) is 2.94. The topological polar surface area (TPSA) is 97.5 Å². The molecule has 8 nitrogen and oxygen atoms in total. The van der Waals surface area contributed by atoms with Gasteiger partial charge in [-0.2, -0.15) is 0 Å². The molecule has 134 valence electrons. The Morgan fingerprint density at radius 3 is 2.68 bits per heavy atom. The number of amides is 1. The summed E-state index contributed by atoms with van der Waals surface area (Å²) < 4.78 is 41.5. The molecule has 0 aliphatic carbocycles. The van der Waals surface area contributed by atoms with Gasteiger partial charge in [-0.15, -0.1) is 18.3 Å². The third-order valence-corrected chi connectivity index (χ3v) is 3.03. The smallest absolute Gasteiger partial charge is 0.476 e. The van der Waals surface area contributed by atoms with E-state index in [0.717, 1.165) is 16.9 Å². The van der Waals surface area contributed by atoms with Gasteiger partial charge >= 0.3 is 12.3 Å². The van der Waals surface area contributed by atoms with Crippen LogP contribution in [-0.2, 0) is 17.9 Å². The van der Waals surface area contributed by atoms with Crippen molar-refractivity contribution >= 4 is 11.9 Å². The fourth-order valence-electron chi connectivity index (χ4n) is 1.94. The number of hydrogen-bond donors (Lipinski definition) is 1. The standard InChI is InChI=1S/C14H13F3N4O4/c1-20(12(22)8-21-7-11(13(23)24)18-19-21)6-9-3-2-4-10(5-9)25-14(15,16)17/h2-5,7H,6,8H2,1H3,(H,23,24). The van der Waals surface area contributed by atoms with E-state index in [4.69, 9.17) is 5.11 Å². The first-order valence-corrected chi connectivity index (χ1v) is 6.86. The van der Waals surface area contributed by atoms with Crippen molar-refractivity contribution in [1.29, 1.82) is 0 Å². The van der Waals surface area contributed by atoms with Crippen LogP contribution in [0.3, 0.4) is 0 Å². The maximum Gasteiger partial charge on any atom is 0.573 e. The number of aromatic nitrogens is 3. The highest BCUT2D eigenvalue weighted by Crippen LogP contribution is 2.23. The Kier molecular flexibility index (Phi) is 5.25. The molecule has 0 aliphatic heterocycles. The molecule has 0 saturated carbocycles. The summed E-state index contributed by atoms with van der Waals surface area (Å²) in [5.41, 5.74) is 0.134. The van der Waals surface area contributed by atoms with Crippen molar-refractivity contribution in [3.8, 4) is 5.75 Å². The molecule has 0 saturated heterocycles. The highest BCUT2D eigenvalue weighted by Gasteiger charge is 2.31. The van der Waals surface area contributed by atoms with E-state index in [1.807, 2.05) is 0 Å². The van der Waals surface area contributed by atoms with E-state index in [1.165, 1.54) is 24.1 Å². The number of benzene rings is 1. The Labute approximate surface area is 139 Å². The zero-order valence-corrected chi connectivity index (χ0v) is 12.9. The summed E-state index contributed by atoms with van der Waals surface area (Å²) in [4.78, 5) is 24.0. The number of alkyl halides is 3. The molecule has 2 rings (SSSR count). The monoisotopic (exact) mass is 358 g/mol. The van der Waals surface area contributed by atoms with Gasteiger partial charge in [0.1, 0.15) is 12.3 Å². The second-order valence-electron chi connectivity index (χ2n) is 5.05. The minimum absolute atomic E-state index is 0.0361. The van der Waals surface area contributed by atoms with E-state index in [-0.39, 0.29) is 24.5 Å². The van der Waals surface area contributed by atoms with E-state index in [2.05, 4.69) is 15.0 Å². The third kappa shape index (κ3) is 5.48. The van der Waals surface area contributed by atoms with Crippen LogP contribution in [0.15, 0.2) is 30.5 Å². The molecule has 0 aliphatic rings. The van der Waals surface area contributed by atoms with Crippen LogP contribution in [0.25, 0.3) is 0 Å². The van der Waals surface area contributed by atoms with Crippen molar-refractivity contribution in [2.24, 2.45) is 0 Å². The van der Waals surface area contributed by atoms with Gasteiger partial charge in [-0.1, -0.05) is 17.3 Å². The number of carbonyl (C=O) groups excluding carboxylic acids is 1. The quantitative estimate of drug-likeness (QED) is 0.841. The molecule has 0 spiro atoms. The molecule has 0 unspecified atom stereocenters. The Balaban J connectivity index is 1.98. The Bertz CT molecular complexity index is 775. The molecule has 2 aromatic rings. The summed E-state index contributed by atoms with van der Waals surface area (Å²) >= 11 is 0. The second-order valence-corrected chi connectivity index (χ2v) is 5.05. The highest BCUT2D eigenvalue weighted by atomic mass is 19.4. The number of halogens is 3. The number of aromatic carboxylic acids is 1. The van der Waals surface area contributed by atoms with Crippen LogP contribution in [0.4, 0.5) is 13.2 Å². The predicted molar refractivity (Wildman–Crippen MR) is 76.6 cm³/mol. The van der Waals surface area contributed by atoms with Gasteiger partial charge in [0, 0.05) is 13.6 Å². The van der Waals surface area contributed by atoms with Gasteiger partial charge in [-0.05, 0) is 17.7 Å². The molecule has 0 radical (unpaired) electrons. The van der Waals surface area contributed by atoms with Gasteiger partial charge in [-0.3, -0.25) is 4.79 Å². The first-order chi connectivity index (χ1) is 11.6. The van der Waals surface area contributed by atoms with Crippen molar-refractivity contribution in [2.75, 3.05) is 7.05 Å². The van der Waals surface area contributed by atoms with Crippen molar-refractivity contribution in [3.63, 3.8) is 0 Å². The van der Waals surface area contributed by atoms with Crippen LogP contribution in [0.2, 0.25) is 0 Å². The average molecular weight is 358 g/mol. The Morgan fingerprint density at radius 2 is 2.08 bits per heavy atom. The highest BCUT2D eigenvalue weighted by molar-refractivity contribution is 5.84. The fourth-order valence-corrected chi connectivity index (χ4v) is 1.94. The number of carboxylic acid groups (broad SMARTS) is 1. The summed E-state index contributed by atoms with van der Waals surface area (Å²) in [5.74, 6) is -2.08. The number of nitrogens with zero attached hydrogens (tertiary/aromatic N) is 4. The van der Waals surface area contributed by atoms with Crippen LogP contribution < -0.4 is 4.74 Å². The van der Waals surface area contributed by atoms with Gasteiger partial charge in [0.25, 0.3) is 0 Å². The minimum atomic E-state index is -4.80. The van der Waals surface area contributed by atoms with E-state index in [9.17, 15) is 22.8 Å². The van der Waals surface area contributed by atoms with Gasteiger partial charge < -0.3 is 14.7 Å². The van der Waals surface area contributed by atoms with Gasteiger partial charge in [0.15, 0.2) is 5.69 Å². The molecule has 1 N–H and O–H groups in total. The lowest BCUT2D eigenvalue weighted by Gasteiger charge is -2.18. The van der Waals surface area contributed by atoms with E-state index in [0.29, 0.717) is 5.56 Å². The SMILES string of the molecule is CN(Cc1cccc(OC(F)(F)F)c1)C(=O)Cn1cc(C(=O)O)nn1. The van der Waals surface area contributed by atoms with Crippen molar-refractivity contribution in [3.05, 3.63) is 41.7 Å². The molecular formula is C14H13F3N4O4. The van der Waals surface area contributed by atoms with Crippen LogP contribution >= 0.6 is 0 Å². The second kappa shape index (κ2) is 7.20. The zero-order valence-electron chi connectivity index (χ0n) is 12.9. The normalized spacial score (nSPS) is 11.2. The molecule has 11 heteroatoms.